The predicted octanol–water partition coefficient (Wildman–Crippen LogP) is 10.4. The lowest BCUT2D eigenvalue weighted by molar-refractivity contribution is 0.132. The summed E-state index contributed by atoms with van der Waals surface area (Å²) in [5.41, 5.74) is 1.42. The molecule has 35 heavy (non-hydrogen) atoms. The van der Waals surface area contributed by atoms with Gasteiger partial charge in [-0.25, -0.2) is 0 Å². The smallest absolute Gasteiger partial charge is 0.101 e. The molecule has 0 fully saturated rings. The van der Waals surface area contributed by atoms with E-state index in [1.165, 1.54) is 141 Å². The van der Waals surface area contributed by atoms with Gasteiger partial charge < -0.3 is 9.80 Å². The van der Waals surface area contributed by atoms with Crippen molar-refractivity contribution in [2.75, 3.05) is 6.54 Å². The average Bonchev–Trinajstić information content (AvgIpc) is 3.25. The molecule has 0 aliphatic carbocycles. The summed E-state index contributed by atoms with van der Waals surface area (Å²) in [5, 5.41) is 0. The Morgan fingerprint density at radius 2 is 0.971 bits per heavy atom. The second-order valence-electron chi connectivity index (χ2n) is 11.0. The van der Waals surface area contributed by atoms with E-state index in [9.17, 15) is 0 Å². The van der Waals surface area contributed by atoms with Gasteiger partial charge in [0.2, 0.25) is 0 Å². The molecule has 0 spiro atoms. The predicted molar refractivity (Wildman–Crippen MR) is 155 cm³/mol. The summed E-state index contributed by atoms with van der Waals surface area (Å²) in [4.78, 5) is 5.21. The second-order valence-corrected chi connectivity index (χ2v) is 11.0. The van der Waals surface area contributed by atoms with Gasteiger partial charge >= 0.3 is 0 Å². The molecular weight excluding hydrogens is 424 g/mol. The van der Waals surface area contributed by atoms with E-state index < -0.39 is 0 Å². The SMILES string of the molecule is CCCCCCCCCCCCCCCCCN1C=CN(Cc2ccccc2)C1CCCCCC. The summed E-state index contributed by atoms with van der Waals surface area (Å²) >= 11 is 0. The molecule has 0 N–H and O–H groups in total. The first kappa shape index (κ1) is 29.8. The monoisotopic (exact) mass is 482 g/mol. The summed E-state index contributed by atoms with van der Waals surface area (Å²) in [7, 11) is 0. The maximum atomic E-state index is 2.64. The van der Waals surface area contributed by atoms with Crippen LogP contribution in [0.3, 0.4) is 0 Å². The van der Waals surface area contributed by atoms with E-state index >= 15 is 0 Å². The lowest BCUT2D eigenvalue weighted by Crippen LogP contribution is -2.38. The Kier molecular flexibility index (Phi) is 17.6. The number of hydrogen-bond acceptors (Lipinski definition) is 2. The summed E-state index contributed by atoms with van der Waals surface area (Å²) in [5.74, 6) is 0. The molecule has 1 atom stereocenters. The van der Waals surface area contributed by atoms with Crippen molar-refractivity contribution in [2.45, 2.75) is 155 Å². The Bertz CT molecular complexity index is 611. The molecule has 1 aromatic rings. The lowest BCUT2D eigenvalue weighted by atomic mass is 10.0. The van der Waals surface area contributed by atoms with Crippen LogP contribution < -0.4 is 0 Å². The Hall–Kier alpha value is -1.44. The van der Waals surface area contributed by atoms with Crippen molar-refractivity contribution in [1.29, 1.82) is 0 Å². The second kappa shape index (κ2) is 20.7. The van der Waals surface area contributed by atoms with E-state index in [0.717, 1.165) is 6.54 Å². The first-order valence-corrected chi connectivity index (χ1v) is 15.6. The molecule has 2 heteroatoms. The van der Waals surface area contributed by atoms with E-state index in [0.29, 0.717) is 6.17 Å². The quantitative estimate of drug-likeness (QED) is 0.143. The highest BCUT2D eigenvalue weighted by atomic mass is 15.4. The maximum absolute atomic E-state index is 2.64. The standard InChI is InChI=1S/C33H58N2/c1-3-5-7-9-10-11-12-13-14-15-16-17-18-19-24-28-34-29-30-35(31-32-25-21-20-22-26-32)33(34)27-23-8-6-4-2/h20-22,25-26,29-30,33H,3-19,23-24,27-28,31H2,1-2H3. The van der Waals surface area contributed by atoms with E-state index in [2.05, 4.69) is 66.4 Å². The Labute approximate surface area is 219 Å². The van der Waals surface area contributed by atoms with Crippen molar-refractivity contribution in [2.24, 2.45) is 0 Å². The molecule has 1 heterocycles. The highest BCUT2D eigenvalue weighted by Crippen LogP contribution is 2.24. The van der Waals surface area contributed by atoms with E-state index in [1.54, 1.807) is 0 Å². The first-order chi connectivity index (χ1) is 17.3. The van der Waals surface area contributed by atoms with Gasteiger partial charge in [0.15, 0.2) is 0 Å². The van der Waals surface area contributed by atoms with Gasteiger partial charge in [-0.1, -0.05) is 153 Å². The van der Waals surface area contributed by atoms with Crippen molar-refractivity contribution in [3.63, 3.8) is 0 Å². The minimum atomic E-state index is 0.554. The van der Waals surface area contributed by atoms with Crippen LogP contribution in [0.1, 0.15) is 148 Å². The summed E-state index contributed by atoms with van der Waals surface area (Å²) in [6.07, 6.45) is 33.5. The normalized spacial score (nSPS) is 15.4. The Balaban J connectivity index is 1.52. The molecule has 0 saturated carbocycles. The fourth-order valence-electron chi connectivity index (χ4n) is 5.49. The Morgan fingerprint density at radius 3 is 1.51 bits per heavy atom. The molecule has 0 bridgehead atoms. The zero-order valence-electron chi connectivity index (χ0n) is 23.6. The molecule has 2 rings (SSSR count). The maximum Gasteiger partial charge on any atom is 0.101 e. The molecule has 0 aromatic heterocycles. The molecule has 200 valence electrons. The highest BCUT2D eigenvalue weighted by Gasteiger charge is 2.25. The average molecular weight is 483 g/mol. The van der Waals surface area contributed by atoms with Gasteiger partial charge in [0.1, 0.15) is 6.17 Å². The number of rotatable bonds is 23. The summed E-state index contributed by atoms with van der Waals surface area (Å²) in [6, 6.07) is 11.0. The molecule has 1 unspecified atom stereocenters. The molecule has 1 aliphatic rings. The van der Waals surface area contributed by atoms with Gasteiger partial charge in [0.25, 0.3) is 0 Å². The number of nitrogens with zero attached hydrogens (tertiary/aromatic N) is 2. The summed E-state index contributed by atoms with van der Waals surface area (Å²) < 4.78 is 0. The third-order valence-electron chi connectivity index (χ3n) is 7.76. The van der Waals surface area contributed by atoms with E-state index in [1.807, 2.05) is 0 Å². The molecule has 1 aliphatic heterocycles. The van der Waals surface area contributed by atoms with Crippen LogP contribution in [0.2, 0.25) is 0 Å². The molecular formula is C33H58N2. The lowest BCUT2D eigenvalue weighted by Gasteiger charge is -2.33. The van der Waals surface area contributed by atoms with Crippen LogP contribution in [0.15, 0.2) is 42.7 Å². The van der Waals surface area contributed by atoms with Crippen LogP contribution in [0, 0.1) is 0 Å². The van der Waals surface area contributed by atoms with Crippen molar-refractivity contribution in [3.8, 4) is 0 Å². The molecule has 0 saturated heterocycles. The third-order valence-corrected chi connectivity index (χ3v) is 7.76. The van der Waals surface area contributed by atoms with Gasteiger partial charge in [-0.05, 0) is 24.8 Å². The number of hydrogen-bond donors (Lipinski definition) is 0. The van der Waals surface area contributed by atoms with Gasteiger partial charge in [-0.2, -0.15) is 0 Å². The largest absolute Gasteiger partial charge is 0.356 e. The van der Waals surface area contributed by atoms with E-state index in [-0.39, 0.29) is 0 Å². The summed E-state index contributed by atoms with van der Waals surface area (Å²) in [6.45, 7) is 6.86. The van der Waals surface area contributed by atoms with Crippen molar-refractivity contribution in [1.82, 2.24) is 9.80 Å². The van der Waals surface area contributed by atoms with Gasteiger partial charge in [0.05, 0.1) is 0 Å². The van der Waals surface area contributed by atoms with Gasteiger partial charge in [-0.15, -0.1) is 0 Å². The number of unbranched alkanes of at least 4 members (excludes halogenated alkanes) is 17. The van der Waals surface area contributed by atoms with Crippen molar-refractivity contribution < 1.29 is 0 Å². The number of benzene rings is 1. The van der Waals surface area contributed by atoms with Gasteiger partial charge in [-0.3, -0.25) is 0 Å². The fourth-order valence-corrected chi connectivity index (χ4v) is 5.49. The first-order valence-electron chi connectivity index (χ1n) is 15.6. The van der Waals surface area contributed by atoms with Crippen LogP contribution >= 0.6 is 0 Å². The van der Waals surface area contributed by atoms with E-state index in [4.69, 9.17) is 0 Å². The zero-order valence-corrected chi connectivity index (χ0v) is 23.6. The minimum absolute atomic E-state index is 0.554. The highest BCUT2D eigenvalue weighted by molar-refractivity contribution is 5.15. The van der Waals surface area contributed by atoms with Crippen LogP contribution in [0.25, 0.3) is 0 Å². The molecule has 1 aromatic carbocycles. The fraction of sp³-hybridized carbons (Fsp3) is 0.758. The van der Waals surface area contributed by atoms with Crippen LogP contribution in [0.4, 0.5) is 0 Å². The topological polar surface area (TPSA) is 6.48 Å². The zero-order chi connectivity index (χ0) is 24.8. The molecule has 0 amide bonds. The van der Waals surface area contributed by atoms with Crippen molar-refractivity contribution >= 4 is 0 Å². The molecule has 0 radical (unpaired) electrons. The van der Waals surface area contributed by atoms with Gasteiger partial charge in [0, 0.05) is 25.5 Å². The Morgan fingerprint density at radius 1 is 0.514 bits per heavy atom. The van der Waals surface area contributed by atoms with Crippen LogP contribution in [0.5, 0.6) is 0 Å². The van der Waals surface area contributed by atoms with Crippen LogP contribution in [-0.2, 0) is 6.54 Å². The minimum Gasteiger partial charge on any atom is -0.356 e. The van der Waals surface area contributed by atoms with Crippen LogP contribution in [-0.4, -0.2) is 22.5 Å². The van der Waals surface area contributed by atoms with Crippen molar-refractivity contribution in [3.05, 3.63) is 48.3 Å². The molecule has 2 nitrogen and oxygen atoms in total. The third kappa shape index (κ3) is 14.0.